The van der Waals surface area contributed by atoms with Crippen molar-refractivity contribution in [3.05, 3.63) is 69.0 Å². The zero-order valence-corrected chi connectivity index (χ0v) is 12.9. The molecule has 1 nitrogen and oxygen atoms in total. The maximum atomic E-state index is 13.2. The van der Waals surface area contributed by atoms with Crippen molar-refractivity contribution < 1.29 is 4.39 Å². The van der Waals surface area contributed by atoms with Crippen molar-refractivity contribution in [2.45, 2.75) is 19.4 Å². The van der Waals surface area contributed by atoms with E-state index in [9.17, 15) is 4.39 Å². The van der Waals surface area contributed by atoms with Gasteiger partial charge in [0.25, 0.3) is 0 Å². The van der Waals surface area contributed by atoms with Gasteiger partial charge in [-0.1, -0.05) is 41.4 Å². The molecule has 2 aromatic rings. The minimum atomic E-state index is -0.393. The summed E-state index contributed by atoms with van der Waals surface area (Å²) in [6.07, 6.45) is 0.720. The van der Waals surface area contributed by atoms with E-state index in [1.54, 1.807) is 12.1 Å². The second-order valence-electron chi connectivity index (χ2n) is 4.75. The first-order chi connectivity index (χ1) is 9.52. The maximum Gasteiger partial charge on any atom is 0.141 e. The first-order valence-corrected chi connectivity index (χ1v) is 7.14. The standard InChI is InChI=1S/C16H16Cl2FN/c1-10-12(4-3-5-13(10)17)16(20-2)9-11-6-7-15(19)14(18)8-11/h3-8,16,20H,9H2,1-2H3. The van der Waals surface area contributed by atoms with Crippen LogP contribution in [0, 0.1) is 12.7 Å². The molecule has 0 saturated heterocycles. The molecular formula is C16H16Cl2FN. The predicted molar refractivity (Wildman–Crippen MR) is 83.1 cm³/mol. The first kappa shape index (κ1) is 15.3. The SMILES string of the molecule is CNC(Cc1ccc(F)c(Cl)c1)c1cccc(Cl)c1C. The van der Waals surface area contributed by atoms with Gasteiger partial charge in [0.1, 0.15) is 5.82 Å². The number of benzene rings is 2. The second kappa shape index (κ2) is 6.57. The summed E-state index contributed by atoms with van der Waals surface area (Å²) in [5, 5.41) is 4.18. The van der Waals surface area contributed by atoms with E-state index < -0.39 is 5.82 Å². The Bertz CT molecular complexity index is 613. The van der Waals surface area contributed by atoms with Crippen molar-refractivity contribution >= 4 is 23.2 Å². The molecule has 0 radical (unpaired) electrons. The van der Waals surface area contributed by atoms with Crippen LogP contribution in [0.25, 0.3) is 0 Å². The van der Waals surface area contributed by atoms with Gasteiger partial charge in [-0.15, -0.1) is 0 Å². The molecule has 0 saturated carbocycles. The number of rotatable bonds is 4. The highest BCUT2D eigenvalue weighted by Crippen LogP contribution is 2.27. The molecule has 1 unspecified atom stereocenters. The normalized spacial score (nSPS) is 12.4. The number of hydrogen-bond acceptors (Lipinski definition) is 1. The van der Waals surface area contributed by atoms with E-state index in [0.717, 1.165) is 28.1 Å². The summed E-state index contributed by atoms with van der Waals surface area (Å²) in [7, 11) is 1.90. The summed E-state index contributed by atoms with van der Waals surface area (Å²) >= 11 is 12.0. The molecule has 0 bridgehead atoms. The molecule has 0 aliphatic rings. The fourth-order valence-corrected chi connectivity index (χ4v) is 2.66. The van der Waals surface area contributed by atoms with E-state index in [1.165, 1.54) is 6.07 Å². The molecule has 106 valence electrons. The van der Waals surface area contributed by atoms with Gasteiger partial charge in [0.05, 0.1) is 5.02 Å². The summed E-state index contributed by atoms with van der Waals surface area (Å²) in [6.45, 7) is 2.00. The highest BCUT2D eigenvalue weighted by atomic mass is 35.5. The summed E-state index contributed by atoms with van der Waals surface area (Å²) in [5.74, 6) is -0.393. The largest absolute Gasteiger partial charge is 0.313 e. The van der Waals surface area contributed by atoms with Crippen molar-refractivity contribution in [1.82, 2.24) is 5.32 Å². The molecule has 0 spiro atoms. The number of hydrogen-bond donors (Lipinski definition) is 1. The smallest absolute Gasteiger partial charge is 0.141 e. The minimum Gasteiger partial charge on any atom is -0.313 e. The monoisotopic (exact) mass is 311 g/mol. The lowest BCUT2D eigenvalue weighted by molar-refractivity contribution is 0.586. The molecule has 20 heavy (non-hydrogen) atoms. The van der Waals surface area contributed by atoms with Crippen LogP contribution in [-0.4, -0.2) is 7.05 Å². The van der Waals surface area contributed by atoms with Crippen molar-refractivity contribution in [2.24, 2.45) is 0 Å². The Kier molecular flexibility index (Phi) is 5.03. The number of likely N-dealkylation sites (N-methyl/N-ethyl adjacent to an activating group) is 1. The van der Waals surface area contributed by atoms with Crippen LogP contribution in [0.3, 0.4) is 0 Å². The lowest BCUT2D eigenvalue weighted by Gasteiger charge is -2.20. The molecule has 1 N–H and O–H groups in total. The molecule has 0 aromatic heterocycles. The van der Waals surface area contributed by atoms with Crippen molar-refractivity contribution in [1.29, 1.82) is 0 Å². The van der Waals surface area contributed by atoms with Gasteiger partial charge in [-0.25, -0.2) is 4.39 Å². The molecule has 2 aromatic carbocycles. The lowest BCUT2D eigenvalue weighted by Crippen LogP contribution is -2.20. The molecule has 0 fully saturated rings. The summed E-state index contributed by atoms with van der Waals surface area (Å²) < 4.78 is 13.2. The number of halogens is 3. The predicted octanol–water partition coefficient (Wildman–Crippen LogP) is 4.94. The van der Waals surface area contributed by atoms with E-state index in [-0.39, 0.29) is 11.1 Å². The highest BCUT2D eigenvalue weighted by molar-refractivity contribution is 6.31. The van der Waals surface area contributed by atoms with E-state index in [1.807, 2.05) is 32.2 Å². The van der Waals surface area contributed by atoms with Gasteiger partial charge in [-0.2, -0.15) is 0 Å². The van der Waals surface area contributed by atoms with Crippen molar-refractivity contribution in [2.75, 3.05) is 7.05 Å². The highest BCUT2D eigenvalue weighted by Gasteiger charge is 2.14. The average Bonchev–Trinajstić information content (AvgIpc) is 2.43. The van der Waals surface area contributed by atoms with Crippen LogP contribution in [0.1, 0.15) is 22.7 Å². The molecule has 0 aliphatic carbocycles. The van der Waals surface area contributed by atoms with Crippen molar-refractivity contribution in [3.63, 3.8) is 0 Å². The van der Waals surface area contributed by atoms with Crippen LogP contribution in [0.4, 0.5) is 4.39 Å². The van der Waals surface area contributed by atoms with Gasteiger partial charge in [0, 0.05) is 11.1 Å². The Balaban J connectivity index is 2.28. The maximum absolute atomic E-state index is 13.2. The summed E-state index contributed by atoms with van der Waals surface area (Å²) in [4.78, 5) is 0. The molecule has 0 heterocycles. The van der Waals surface area contributed by atoms with Gasteiger partial charge in [0.15, 0.2) is 0 Å². The third-order valence-electron chi connectivity index (χ3n) is 3.46. The van der Waals surface area contributed by atoms with E-state index in [4.69, 9.17) is 23.2 Å². The van der Waals surface area contributed by atoms with E-state index in [2.05, 4.69) is 5.32 Å². The molecule has 2 rings (SSSR count). The third kappa shape index (κ3) is 3.32. The fourth-order valence-electron chi connectivity index (χ4n) is 2.27. The fraction of sp³-hybridized carbons (Fsp3) is 0.250. The zero-order valence-electron chi connectivity index (χ0n) is 11.4. The molecule has 1 atom stereocenters. The number of nitrogens with one attached hydrogen (secondary N) is 1. The van der Waals surface area contributed by atoms with Crippen LogP contribution in [0.15, 0.2) is 36.4 Å². The van der Waals surface area contributed by atoms with Crippen molar-refractivity contribution in [3.8, 4) is 0 Å². The average molecular weight is 312 g/mol. The van der Waals surface area contributed by atoms with Gasteiger partial charge in [-0.3, -0.25) is 0 Å². The van der Waals surface area contributed by atoms with Gasteiger partial charge in [-0.05, 0) is 55.3 Å². The molecular weight excluding hydrogens is 296 g/mol. The van der Waals surface area contributed by atoms with Gasteiger partial charge in [0.2, 0.25) is 0 Å². The van der Waals surface area contributed by atoms with Gasteiger partial charge < -0.3 is 5.32 Å². The molecule has 0 aliphatic heterocycles. The zero-order chi connectivity index (χ0) is 14.7. The van der Waals surface area contributed by atoms with Crippen LogP contribution < -0.4 is 5.32 Å². The second-order valence-corrected chi connectivity index (χ2v) is 5.56. The van der Waals surface area contributed by atoms with Crippen LogP contribution in [0.2, 0.25) is 10.0 Å². The van der Waals surface area contributed by atoms with E-state index >= 15 is 0 Å². The Morgan fingerprint density at radius 3 is 2.55 bits per heavy atom. The Morgan fingerprint density at radius 2 is 1.90 bits per heavy atom. The first-order valence-electron chi connectivity index (χ1n) is 6.39. The summed E-state index contributed by atoms with van der Waals surface area (Å²) in [5.41, 5.74) is 3.18. The Hall–Kier alpha value is -1.09. The minimum absolute atomic E-state index is 0.107. The van der Waals surface area contributed by atoms with Crippen LogP contribution in [0.5, 0.6) is 0 Å². The van der Waals surface area contributed by atoms with Gasteiger partial charge >= 0.3 is 0 Å². The molecule has 0 amide bonds. The Morgan fingerprint density at radius 1 is 1.15 bits per heavy atom. The van der Waals surface area contributed by atoms with Crippen LogP contribution >= 0.6 is 23.2 Å². The quantitative estimate of drug-likeness (QED) is 0.843. The Labute approximate surface area is 128 Å². The molecule has 4 heteroatoms. The lowest BCUT2D eigenvalue weighted by atomic mass is 9.95. The third-order valence-corrected chi connectivity index (χ3v) is 4.16. The topological polar surface area (TPSA) is 12.0 Å². The van der Waals surface area contributed by atoms with E-state index in [0.29, 0.717) is 0 Å². The summed E-state index contributed by atoms with van der Waals surface area (Å²) in [6, 6.07) is 10.8. The van der Waals surface area contributed by atoms with Crippen LogP contribution in [-0.2, 0) is 6.42 Å².